The molecule has 88 valence electrons. The molecule has 0 spiro atoms. The number of allylic oxidation sites excluding steroid dienone is 1. The van der Waals surface area contributed by atoms with E-state index in [-0.39, 0.29) is 0 Å². The van der Waals surface area contributed by atoms with Crippen LogP contribution in [0, 0.1) is 5.92 Å². The summed E-state index contributed by atoms with van der Waals surface area (Å²) in [5.74, 6) is 0.855. The van der Waals surface area contributed by atoms with Crippen molar-refractivity contribution in [2.45, 2.75) is 65.3 Å². The van der Waals surface area contributed by atoms with E-state index in [1.165, 1.54) is 44.1 Å². The largest absolute Gasteiger partial charge is 0.311 e. The average molecular weight is 209 g/mol. The summed E-state index contributed by atoms with van der Waals surface area (Å²) < 4.78 is 0. The maximum Gasteiger partial charge on any atom is 0.0248 e. The summed E-state index contributed by atoms with van der Waals surface area (Å²) in [6, 6.07) is 0.554. The molecule has 1 aliphatic carbocycles. The van der Waals surface area contributed by atoms with Gasteiger partial charge < -0.3 is 5.32 Å². The van der Waals surface area contributed by atoms with Gasteiger partial charge in [-0.1, -0.05) is 44.3 Å². The van der Waals surface area contributed by atoms with E-state index in [0.717, 1.165) is 12.5 Å². The zero-order valence-electron chi connectivity index (χ0n) is 10.7. The fourth-order valence-corrected chi connectivity index (χ4v) is 2.46. The first kappa shape index (κ1) is 12.8. The quantitative estimate of drug-likeness (QED) is 0.547. The second kappa shape index (κ2) is 7.05. The summed E-state index contributed by atoms with van der Waals surface area (Å²) in [4.78, 5) is 0. The van der Waals surface area contributed by atoms with E-state index in [2.05, 4.69) is 32.2 Å². The Bertz CT molecular complexity index is 188. The van der Waals surface area contributed by atoms with E-state index in [9.17, 15) is 0 Å². The highest BCUT2D eigenvalue weighted by Crippen LogP contribution is 2.25. The topological polar surface area (TPSA) is 12.0 Å². The third-order valence-electron chi connectivity index (χ3n) is 3.59. The van der Waals surface area contributed by atoms with Gasteiger partial charge in [0.1, 0.15) is 0 Å². The zero-order valence-corrected chi connectivity index (χ0v) is 10.7. The summed E-state index contributed by atoms with van der Waals surface area (Å²) >= 11 is 0. The van der Waals surface area contributed by atoms with E-state index in [1.807, 2.05) is 0 Å². The van der Waals surface area contributed by atoms with Crippen molar-refractivity contribution in [1.82, 2.24) is 5.32 Å². The predicted octanol–water partition coefficient (Wildman–Crippen LogP) is 3.90. The highest BCUT2D eigenvalue weighted by Gasteiger charge is 2.11. The van der Waals surface area contributed by atoms with Gasteiger partial charge in [0.25, 0.3) is 0 Å². The van der Waals surface area contributed by atoms with Crippen molar-refractivity contribution in [3.8, 4) is 0 Å². The Hall–Kier alpha value is -0.300. The minimum absolute atomic E-state index is 0.554. The average Bonchev–Trinajstić information content (AvgIpc) is 2.46. The summed E-state index contributed by atoms with van der Waals surface area (Å²) in [7, 11) is 0. The molecule has 0 radical (unpaired) electrons. The van der Waals surface area contributed by atoms with Crippen LogP contribution >= 0.6 is 0 Å². The summed E-state index contributed by atoms with van der Waals surface area (Å²) in [6.07, 6.45) is 11.1. The molecule has 1 atom stereocenters. The highest BCUT2D eigenvalue weighted by molar-refractivity contribution is 5.08. The first-order valence-electron chi connectivity index (χ1n) is 6.65. The Kier molecular flexibility index (Phi) is 6.00. The Labute approximate surface area is 95.3 Å². The maximum atomic E-state index is 3.48. The van der Waals surface area contributed by atoms with Crippen LogP contribution in [0.15, 0.2) is 11.6 Å². The molecule has 0 aromatic heterocycles. The van der Waals surface area contributed by atoms with Gasteiger partial charge in [0.15, 0.2) is 0 Å². The summed E-state index contributed by atoms with van der Waals surface area (Å²) in [5.41, 5.74) is 1.53. The van der Waals surface area contributed by atoms with Crippen molar-refractivity contribution in [1.29, 1.82) is 0 Å². The van der Waals surface area contributed by atoms with Crippen LogP contribution in [-0.4, -0.2) is 12.6 Å². The molecule has 1 saturated carbocycles. The van der Waals surface area contributed by atoms with Crippen LogP contribution in [0.5, 0.6) is 0 Å². The number of nitrogens with one attached hydrogen (secondary N) is 1. The van der Waals surface area contributed by atoms with Gasteiger partial charge in [0.05, 0.1) is 0 Å². The molecule has 1 aliphatic rings. The lowest BCUT2D eigenvalue weighted by Crippen LogP contribution is -2.26. The molecule has 1 unspecified atom stereocenters. The van der Waals surface area contributed by atoms with Crippen LogP contribution in [0.3, 0.4) is 0 Å². The second-order valence-electron chi connectivity index (χ2n) is 4.94. The number of likely N-dealkylation sites (N-methyl/N-ethyl adjacent to an activating group) is 1. The van der Waals surface area contributed by atoms with Crippen LogP contribution in [0.1, 0.15) is 59.3 Å². The molecule has 15 heavy (non-hydrogen) atoms. The van der Waals surface area contributed by atoms with E-state index >= 15 is 0 Å². The monoisotopic (exact) mass is 209 g/mol. The standard InChI is InChI=1S/C14H27N/c1-4-15-13(3)12(2)11-14-9-7-5-6-8-10-14/h11,13-15H,4-10H2,1-3H3. The number of hydrogen-bond donors (Lipinski definition) is 1. The third kappa shape index (κ3) is 4.83. The van der Waals surface area contributed by atoms with Gasteiger partial charge in [-0.2, -0.15) is 0 Å². The first-order valence-corrected chi connectivity index (χ1v) is 6.65. The second-order valence-corrected chi connectivity index (χ2v) is 4.94. The minimum Gasteiger partial charge on any atom is -0.311 e. The van der Waals surface area contributed by atoms with Gasteiger partial charge in [-0.25, -0.2) is 0 Å². The van der Waals surface area contributed by atoms with Gasteiger partial charge in [0, 0.05) is 6.04 Å². The van der Waals surface area contributed by atoms with Gasteiger partial charge in [-0.3, -0.25) is 0 Å². The molecule has 1 fully saturated rings. The molecule has 0 amide bonds. The first-order chi connectivity index (χ1) is 7.24. The molecular weight excluding hydrogens is 182 g/mol. The molecular formula is C14H27N. The summed E-state index contributed by atoms with van der Waals surface area (Å²) in [6.45, 7) is 7.79. The lowest BCUT2D eigenvalue weighted by atomic mass is 9.96. The predicted molar refractivity (Wildman–Crippen MR) is 68.1 cm³/mol. The fraction of sp³-hybridized carbons (Fsp3) is 0.857. The molecule has 0 aromatic carbocycles. The molecule has 0 saturated heterocycles. The smallest absolute Gasteiger partial charge is 0.0248 e. The van der Waals surface area contributed by atoms with Gasteiger partial charge >= 0.3 is 0 Å². The van der Waals surface area contributed by atoms with Crippen molar-refractivity contribution in [3.63, 3.8) is 0 Å². The van der Waals surface area contributed by atoms with Gasteiger partial charge in [0.2, 0.25) is 0 Å². The van der Waals surface area contributed by atoms with Crippen LogP contribution < -0.4 is 5.32 Å². The van der Waals surface area contributed by atoms with Crippen LogP contribution in [0.25, 0.3) is 0 Å². The van der Waals surface area contributed by atoms with E-state index in [1.54, 1.807) is 0 Å². The molecule has 1 rings (SSSR count). The fourth-order valence-electron chi connectivity index (χ4n) is 2.46. The van der Waals surface area contributed by atoms with Crippen molar-refractivity contribution in [3.05, 3.63) is 11.6 Å². The zero-order chi connectivity index (χ0) is 11.1. The Morgan fingerprint density at radius 1 is 1.27 bits per heavy atom. The SMILES string of the molecule is CCNC(C)C(C)=CC1CCCCCC1. The molecule has 0 aromatic rings. The Morgan fingerprint density at radius 2 is 1.87 bits per heavy atom. The number of hydrogen-bond acceptors (Lipinski definition) is 1. The summed E-state index contributed by atoms with van der Waals surface area (Å²) in [5, 5.41) is 3.48. The number of rotatable bonds is 4. The van der Waals surface area contributed by atoms with Crippen LogP contribution in [0.2, 0.25) is 0 Å². The molecule has 1 nitrogen and oxygen atoms in total. The van der Waals surface area contributed by atoms with E-state index < -0.39 is 0 Å². The Balaban J connectivity index is 2.44. The molecule has 0 aliphatic heterocycles. The van der Waals surface area contributed by atoms with E-state index in [0.29, 0.717) is 6.04 Å². The lowest BCUT2D eigenvalue weighted by molar-refractivity contribution is 0.545. The highest BCUT2D eigenvalue weighted by atomic mass is 14.9. The van der Waals surface area contributed by atoms with Crippen LogP contribution in [-0.2, 0) is 0 Å². The normalized spacial score (nSPS) is 22.5. The van der Waals surface area contributed by atoms with Crippen molar-refractivity contribution in [2.75, 3.05) is 6.54 Å². The molecule has 0 heterocycles. The Morgan fingerprint density at radius 3 is 2.40 bits per heavy atom. The van der Waals surface area contributed by atoms with Crippen molar-refractivity contribution < 1.29 is 0 Å². The van der Waals surface area contributed by atoms with Gasteiger partial charge in [-0.15, -0.1) is 0 Å². The maximum absolute atomic E-state index is 3.48. The van der Waals surface area contributed by atoms with Crippen molar-refractivity contribution in [2.24, 2.45) is 5.92 Å². The molecule has 0 bridgehead atoms. The third-order valence-corrected chi connectivity index (χ3v) is 3.59. The van der Waals surface area contributed by atoms with Gasteiger partial charge in [-0.05, 0) is 39.2 Å². The van der Waals surface area contributed by atoms with Crippen LogP contribution in [0.4, 0.5) is 0 Å². The lowest BCUT2D eigenvalue weighted by Gasteiger charge is -2.16. The molecule has 1 heteroatoms. The van der Waals surface area contributed by atoms with E-state index in [4.69, 9.17) is 0 Å². The minimum atomic E-state index is 0.554. The molecule has 1 N–H and O–H groups in total. The van der Waals surface area contributed by atoms with Crippen molar-refractivity contribution >= 4 is 0 Å².